The Kier molecular flexibility index (Phi) is 7.75. The predicted octanol–water partition coefficient (Wildman–Crippen LogP) is 4.47. The van der Waals surface area contributed by atoms with Crippen molar-refractivity contribution in [2.45, 2.75) is 26.8 Å². The molecule has 0 aliphatic rings. The highest BCUT2D eigenvalue weighted by molar-refractivity contribution is 6.34. The molecule has 2 aromatic rings. The zero-order valence-corrected chi connectivity index (χ0v) is 17.4. The Morgan fingerprint density at radius 2 is 1.90 bits per heavy atom. The monoisotopic (exact) mass is 446 g/mol. The summed E-state index contributed by atoms with van der Waals surface area (Å²) in [7, 11) is 1.21. The Labute approximate surface area is 176 Å². The first-order valence-electron chi connectivity index (χ1n) is 8.48. The fraction of sp³-hybridized carbons (Fsp3) is 0.316. The number of ether oxygens (including phenoxy) is 2. The number of methoxy groups -OCH3 is 1. The molecule has 0 saturated carbocycles. The van der Waals surface area contributed by atoms with Crippen LogP contribution in [0.15, 0.2) is 18.3 Å². The minimum Gasteiger partial charge on any atom is -0.494 e. The molecule has 1 heterocycles. The standard InChI is InChI=1S/C19H18Cl2F2N2O4/c1-4-29-16(27)7-15(26)25(9-11-8-24-14(21)6-12(11)20)19-17(22)10(2)5-13(28-3)18(19)23/h5-6,8H,4,7,9H2,1-3H3. The van der Waals surface area contributed by atoms with Crippen LogP contribution in [0.2, 0.25) is 10.2 Å². The van der Waals surface area contributed by atoms with Crippen molar-refractivity contribution in [2.75, 3.05) is 18.6 Å². The molecule has 0 spiro atoms. The SMILES string of the molecule is CCOC(=O)CC(=O)N(Cc1cnc(Cl)cc1Cl)c1c(F)c(C)cc(OC)c1F. The minimum absolute atomic E-state index is 0.0486. The highest BCUT2D eigenvalue weighted by atomic mass is 35.5. The van der Waals surface area contributed by atoms with Crippen LogP contribution in [0.25, 0.3) is 0 Å². The first-order chi connectivity index (χ1) is 13.7. The van der Waals surface area contributed by atoms with Crippen LogP contribution in [-0.4, -0.2) is 30.6 Å². The number of anilines is 1. The number of aryl methyl sites for hydroxylation is 1. The van der Waals surface area contributed by atoms with Gasteiger partial charge in [0.15, 0.2) is 17.4 Å². The van der Waals surface area contributed by atoms with Crippen LogP contribution in [0.1, 0.15) is 24.5 Å². The molecular formula is C19H18Cl2F2N2O4. The van der Waals surface area contributed by atoms with E-state index in [-0.39, 0.29) is 40.2 Å². The van der Waals surface area contributed by atoms with Crippen LogP contribution < -0.4 is 9.64 Å². The van der Waals surface area contributed by atoms with Crippen molar-refractivity contribution in [3.05, 3.63) is 51.3 Å². The summed E-state index contributed by atoms with van der Waals surface area (Å²) >= 11 is 11.9. The second-order valence-electron chi connectivity index (χ2n) is 5.93. The third kappa shape index (κ3) is 5.33. The summed E-state index contributed by atoms with van der Waals surface area (Å²) in [4.78, 5) is 29.2. The summed E-state index contributed by atoms with van der Waals surface area (Å²) in [6, 6.07) is 2.50. The van der Waals surface area contributed by atoms with Gasteiger partial charge in [-0.05, 0) is 31.5 Å². The Balaban J connectivity index is 2.57. The highest BCUT2D eigenvalue weighted by Crippen LogP contribution is 2.35. The number of hydrogen-bond acceptors (Lipinski definition) is 5. The van der Waals surface area contributed by atoms with Gasteiger partial charge >= 0.3 is 5.97 Å². The van der Waals surface area contributed by atoms with E-state index in [1.165, 1.54) is 32.4 Å². The van der Waals surface area contributed by atoms with Crippen molar-refractivity contribution >= 4 is 40.8 Å². The molecule has 0 radical (unpaired) electrons. The fourth-order valence-corrected chi connectivity index (χ4v) is 2.98. The molecule has 2 rings (SSSR count). The van der Waals surface area contributed by atoms with E-state index >= 15 is 0 Å². The molecule has 10 heteroatoms. The maximum absolute atomic E-state index is 14.9. The number of amides is 1. The molecule has 0 bridgehead atoms. The molecule has 0 aliphatic heterocycles. The maximum Gasteiger partial charge on any atom is 0.315 e. The second kappa shape index (κ2) is 9.84. The second-order valence-corrected chi connectivity index (χ2v) is 6.73. The molecule has 1 amide bonds. The fourth-order valence-electron chi connectivity index (χ4n) is 2.55. The van der Waals surface area contributed by atoms with Gasteiger partial charge in [-0.3, -0.25) is 9.59 Å². The van der Waals surface area contributed by atoms with Crippen LogP contribution >= 0.6 is 23.2 Å². The number of carbonyl (C=O) groups is 2. The lowest BCUT2D eigenvalue weighted by atomic mass is 10.1. The van der Waals surface area contributed by atoms with E-state index in [0.29, 0.717) is 0 Å². The highest BCUT2D eigenvalue weighted by Gasteiger charge is 2.29. The van der Waals surface area contributed by atoms with Gasteiger partial charge in [0.05, 0.1) is 25.3 Å². The number of hydrogen-bond donors (Lipinski definition) is 0. The lowest BCUT2D eigenvalue weighted by Gasteiger charge is -2.25. The zero-order chi connectivity index (χ0) is 21.7. The van der Waals surface area contributed by atoms with Gasteiger partial charge in [0.25, 0.3) is 0 Å². The van der Waals surface area contributed by atoms with E-state index in [0.717, 1.165) is 4.90 Å². The Morgan fingerprint density at radius 1 is 1.21 bits per heavy atom. The van der Waals surface area contributed by atoms with E-state index in [9.17, 15) is 18.4 Å². The Bertz CT molecular complexity index is 941. The average molecular weight is 447 g/mol. The van der Waals surface area contributed by atoms with Crippen molar-refractivity contribution in [1.82, 2.24) is 4.98 Å². The van der Waals surface area contributed by atoms with Crippen molar-refractivity contribution in [3.63, 3.8) is 0 Å². The molecule has 6 nitrogen and oxygen atoms in total. The van der Waals surface area contributed by atoms with E-state index in [2.05, 4.69) is 4.98 Å². The zero-order valence-electron chi connectivity index (χ0n) is 15.9. The molecule has 29 heavy (non-hydrogen) atoms. The summed E-state index contributed by atoms with van der Waals surface area (Å²) in [6.45, 7) is 2.66. The summed E-state index contributed by atoms with van der Waals surface area (Å²) in [5, 5.41) is 0.247. The molecule has 1 aromatic heterocycles. The van der Waals surface area contributed by atoms with E-state index in [4.69, 9.17) is 32.7 Å². The van der Waals surface area contributed by atoms with Crippen LogP contribution in [0.3, 0.4) is 0 Å². The molecule has 1 aromatic carbocycles. The topological polar surface area (TPSA) is 68.7 Å². The Hall–Kier alpha value is -2.45. The lowest BCUT2D eigenvalue weighted by molar-refractivity contribution is -0.145. The van der Waals surface area contributed by atoms with Crippen LogP contribution in [0.4, 0.5) is 14.5 Å². The van der Waals surface area contributed by atoms with Crippen LogP contribution in [0, 0.1) is 18.6 Å². The molecule has 0 unspecified atom stereocenters. The molecule has 0 N–H and O–H groups in total. The molecule has 0 aliphatic carbocycles. The van der Waals surface area contributed by atoms with Gasteiger partial charge in [-0.1, -0.05) is 23.2 Å². The quantitative estimate of drug-likeness (QED) is 0.356. The van der Waals surface area contributed by atoms with E-state index in [1.807, 2.05) is 0 Å². The summed E-state index contributed by atoms with van der Waals surface area (Å²) in [5.41, 5.74) is -0.345. The van der Waals surface area contributed by atoms with E-state index in [1.54, 1.807) is 6.92 Å². The summed E-state index contributed by atoms with van der Waals surface area (Å²) < 4.78 is 39.5. The number of rotatable bonds is 7. The van der Waals surface area contributed by atoms with Gasteiger partial charge in [0, 0.05) is 11.8 Å². The van der Waals surface area contributed by atoms with Gasteiger partial charge in [0.1, 0.15) is 17.3 Å². The van der Waals surface area contributed by atoms with Crippen molar-refractivity contribution in [2.24, 2.45) is 0 Å². The number of esters is 1. The van der Waals surface area contributed by atoms with Crippen LogP contribution in [0.5, 0.6) is 5.75 Å². The largest absolute Gasteiger partial charge is 0.494 e. The third-order valence-corrected chi connectivity index (χ3v) is 4.50. The first-order valence-corrected chi connectivity index (χ1v) is 9.23. The molecular weight excluding hydrogens is 429 g/mol. The number of aromatic nitrogens is 1. The van der Waals surface area contributed by atoms with Crippen LogP contribution in [-0.2, 0) is 20.9 Å². The number of pyridine rings is 1. The van der Waals surface area contributed by atoms with Gasteiger partial charge < -0.3 is 14.4 Å². The Morgan fingerprint density at radius 3 is 2.48 bits per heavy atom. The summed E-state index contributed by atoms with van der Waals surface area (Å²) in [6.07, 6.45) is 0.555. The molecule has 0 atom stereocenters. The predicted molar refractivity (Wildman–Crippen MR) is 104 cm³/mol. The number of nitrogens with zero attached hydrogens (tertiary/aromatic N) is 2. The van der Waals surface area contributed by atoms with Crippen molar-refractivity contribution in [1.29, 1.82) is 0 Å². The number of halogens is 4. The maximum atomic E-state index is 14.9. The molecule has 0 fully saturated rings. The van der Waals surface area contributed by atoms with Crippen molar-refractivity contribution in [3.8, 4) is 5.75 Å². The smallest absolute Gasteiger partial charge is 0.315 e. The normalized spacial score (nSPS) is 10.6. The van der Waals surface area contributed by atoms with Crippen molar-refractivity contribution < 1.29 is 27.8 Å². The summed E-state index contributed by atoms with van der Waals surface area (Å²) in [5.74, 6) is -4.04. The molecule has 156 valence electrons. The van der Waals surface area contributed by atoms with Gasteiger partial charge in [-0.25, -0.2) is 13.8 Å². The number of benzene rings is 1. The van der Waals surface area contributed by atoms with Gasteiger partial charge in [-0.2, -0.15) is 0 Å². The molecule has 0 saturated heterocycles. The lowest BCUT2D eigenvalue weighted by Crippen LogP contribution is -2.34. The third-order valence-electron chi connectivity index (χ3n) is 3.94. The van der Waals surface area contributed by atoms with E-state index < -0.39 is 35.6 Å². The minimum atomic E-state index is -1.09. The average Bonchev–Trinajstić information content (AvgIpc) is 2.65. The number of carbonyl (C=O) groups excluding carboxylic acids is 2. The first kappa shape index (κ1) is 22.8. The van der Waals surface area contributed by atoms with Gasteiger partial charge in [-0.15, -0.1) is 0 Å². The van der Waals surface area contributed by atoms with Gasteiger partial charge in [0.2, 0.25) is 5.91 Å².